The van der Waals surface area contributed by atoms with E-state index in [0.717, 1.165) is 57.8 Å². The lowest BCUT2D eigenvalue weighted by molar-refractivity contribution is -0.870. The lowest BCUT2D eigenvalue weighted by Gasteiger charge is -2.26. The fraction of sp³-hybridized carbons (Fsp3) is 0.853. The van der Waals surface area contributed by atoms with Gasteiger partial charge in [-0.25, -0.2) is 0 Å². The van der Waals surface area contributed by atoms with Crippen LogP contribution in [0.2, 0.25) is 0 Å². The van der Waals surface area contributed by atoms with Crippen molar-refractivity contribution in [2.24, 2.45) is 0 Å². The van der Waals surface area contributed by atoms with E-state index in [1.807, 2.05) is 21.1 Å². The van der Waals surface area contributed by atoms with Crippen molar-refractivity contribution in [2.45, 2.75) is 367 Å². The van der Waals surface area contributed by atoms with Crippen LogP contribution in [0, 0.1) is 0 Å². The Bertz CT molecular complexity index is 1520. The number of esters is 2. The molecule has 0 heterocycles. The topological polar surface area (TPSA) is 111 Å². The predicted molar refractivity (Wildman–Crippen MR) is 357 cm³/mol. The number of rotatable bonds is 68. The zero-order valence-corrected chi connectivity index (χ0v) is 56.3. The smallest absolute Gasteiger partial charge is 0.306 e. The van der Waals surface area contributed by atoms with Crippen LogP contribution in [0.25, 0.3) is 0 Å². The summed E-state index contributed by atoms with van der Waals surface area (Å²) in [6.07, 6.45) is 82.1. The van der Waals surface area contributed by atoms with Crippen LogP contribution in [0.5, 0.6) is 0 Å². The normalized spacial score (nSPS) is 12.9. The molecule has 9 heteroatoms. The van der Waals surface area contributed by atoms with Crippen molar-refractivity contribution in [1.82, 2.24) is 0 Å². The molecule has 492 valence electrons. The van der Waals surface area contributed by atoms with E-state index in [1.54, 1.807) is 0 Å². The number of carbonyl (C=O) groups excluding carboxylic acids is 3. The predicted octanol–water partition coefficient (Wildman–Crippen LogP) is 21.2. The Labute approximate surface area is 521 Å². The van der Waals surface area contributed by atoms with Gasteiger partial charge in [-0.3, -0.25) is 9.59 Å². The molecule has 0 aromatic rings. The van der Waals surface area contributed by atoms with Gasteiger partial charge < -0.3 is 33.3 Å². The SMILES string of the molecule is CC/C=C\C/C=C\C/C=C\C/C=C\CCCCCCCCCCCCCCCCC(=O)OC(COC(=O)CCCCCCCCCCCCCCCCCCCCCCCCCCCCCCCCCC)COC(OCC[N+](C)(C)C)C(=O)[O-]. The number of carboxylic acids is 1. The monoisotopic (exact) mass is 1180 g/mol. The molecule has 2 unspecified atom stereocenters. The van der Waals surface area contributed by atoms with Gasteiger partial charge >= 0.3 is 11.9 Å². The van der Waals surface area contributed by atoms with E-state index in [4.69, 9.17) is 18.9 Å². The Kier molecular flexibility index (Phi) is 64.0. The molecule has 2 atom stereocenters. The second-order valence-electron chi connectivity index (χ2n) is 25.9. The van der Waals surface area contributed by atoms with Crippen molar-refractivity contribution >= 4 is 17.9 Å². The highest BCUT2D eigenvalue weighted by molar-refractivity contribution is 5.70. The second-order valence-corrected chi connectivity index (χ2v) is 25.9. The molecule has 0 N–H and O–H groups in total. The van der Waals surface area contributed by atoms with E-state index in [1.165, 1.54) is 263 Å². The number of quaternary nitrogens is 1. The number of unbranched alkanes of at least 4 members (excludes halogenated alkanes) is 45. The first-order valence-corrected chi connectivity index (χ1v) is 36.3. The minimum atomic E-state index is -1.62. The van der Waals surface area contributed by atoms with Gasteiger partial charge in [0.05, 0.1) is 40.3 Å². The van der Waals surface area contributed by atoms with Crippen LogP contribution >= 0.6 is 0 Å². The molecule has 0 aliphatic carbocycles. The Hall–Kier alpha value is -2.75. The zero-order chi connectivity index (χ0) is 61.2. The molecule has 84 heavy (non-hydrogen) atoms. The maximum atomic E-state index is 12.9. The number of nitrogens with zero attached hydrogens (tertiary/aromatic N) is 1. The molecule has 0 fully saturated rings. The average molecular weight is 1180 g/mol. The van der Waals surface area contributed by atoms with Crippen molar-refractivity contribution in [3.8, 4) is 0 Å². The third-order valence-electron chi connectivity index (χ3n) is 16.3. The summed E-state index contributed by atoms with van der Waals surface area (Å²) in [5.74, 6) is -2.26. The minimum Gasteiger partial charge on any atom is -0.545 e. The molecular formula is C75H139NO8. The molecule has 0 amide bonds. The van der Waals surface area contributed by atoms with Gasteiger partial charge in [-0.05, 0) is 51.4 Å². The van der Waals surface area contributed by atoms with Crippen LogP contribution in [0.1, 0.15) is 354 Å². The lowest BCUT2D eigenvalue weighted by atomic mass is 10.0. The maximum absolute atomic E-state index is 12.9. The summed E-state index contributed by atoms with van der Waals surface area (Å²) in [5.41, 5.74) is 0. The van der Waals surface area contributed by atoms with Crippen LogP contribution in [0.3, 0.4) is 0 Å². The van der Waals surface area contributed by atoms with Gasteiger partial charge in [0.25, 0.3) is 0 Å². The second kappa shape index (κ2) is 66.2. The number of aliphatic carboxylic acids is 1. The van der Waals surface area contributed by atoms with Gasteiger partial charge in [0.1, 0.15) is 13.2 Å². The molecule has 0 saturated heterocycles. The third kappa shape index (κ3) is 66.8. The van der Waals surface area contributed by atoms with E-state index in [9.17, 15) is 19.5 Å². The molecule has 0 rings (SSSR count). The maximum Gasteiger partial charge on any atom is 0.306 e. The van der Waals surface area contributed by atoms with Gasteiger partial charge in [0, 0.05) is 12.8 Å². The number of carboxylic acid groups (broad SMARTS) is 1. The van der Waals surface area contributed by atoms with Gasteiger partial charge in [-0.1, -0.05) is 339 Å². The third-order valence-corrected chi connectivity index (χ3v) is 16.3. The summed E-state index contributed by atoms with van der Waals surface area (Å²) >= 11 is 0. The van der Waals surface area contributed by atoms with Crippen LogP contribution in [-0.2, 0) is 33.3 Å². The summed E-state index contributed by atoms with van der Waals surface area (Å²) < 4.78 is 22.8. The number of likely N-dealkylation sites (N-methyl/N-ethyl adjacent to an activating group) is 1. The van der Waals surface area contributed by atoms with Crippen molar-refractivity contribution in [1.29, 1.82) is 0 Å². The van der Waals surface area contributed by atoms with Crippen molar-refractivity contribution < 1.29 is 42.9 Å². The van der Waals surface area contributed by atoms with Crippen molar-refractivity contribution in [2.75, 3.05) is 47.5 Å². The van der Waals surface area contributed by atoms with E-state index < -0.39 is 24.3 Å². The van der Waals surface area contributed by atoms with Crippen LogP contribution in [0.4, 0.5) is 0 Å². The first-order chi connectivity index (χ1) is 41.1. The number of hydrogen-bond acceptors (Lipinski definition) is 8. The Morgan fingerprint density at radius 1 is 0.369 bits per heavy atom. The largest absolute Gasteiger partial charge is 0.545 e. The number of ether oxygens (including phenoxy) is 4. The van der Waals surface area contributed by atoms with E-state index in [-0.39, 0.29) is 32.2 Å². The average Bonchev–Trinajstić information content (AvgIpc) is 3.51. The lowest BCUT2D eigenvalue weighted by Crippen LogP contribution is -2.44. The minimum absolute atomic E-state index is 0.149. The van der Waals surface area contributed by atoms with E-state index >= 15 is 0 Å². The molecular weight excluding hydrogens is 1040 g/mol. The highest BCUT2D eigenvalue weighted by Crippen LogP contribution is 2.19. The van der Waals surface area contributed by atoms with Gasteiger partial charge in [0.2, 0.25) is 0 Å². The highest BCUT2D eigenvalue weighted by atomic mass is 16.7. The molecule has 0 aliphatic rings. The first kappa shape index (κ1) is 81.2. The van der Waals surface area contributed by atoms with Crippen molar-refractivity contribution in [3.63, 3.8) is 0 Å². The van der Waals surface area contributed by atoms with E-state index in [2.05, 4.69) is 62.5 Å². The van der Waals surface area contributed by atoms with Crippen molar-refractivity contribution in [3.05, 3.63) is 48.6 Å². The Morgan fingerprint density at radius 3 is 1.01 bits per heavy atom. The van der Waals surface area contributed by atoms with Crippen LogP contribution < -0.4 is 5.11 Å². The summed E-state index contributed by atoms with van der Waals surface area (Å²) in [5, 5.41) is 11.8. The Morgan fingerprint density at radius 2 is 0.679 bits per heavy atom. The zero-order valence-electron chi connectivity index (χ0n) is 56.3. The van der Waals surface area contributed by atoms with E-state index in [0.29, 0.717) is 23.9 Å². The fourth-order valence-corrected chi connectivity index (χ4v) is 10.8. The highest BCUT2D eigenvalue weighted by Gasteiger charge is 2.22. The quantitative estimate of drug-likeness (QED) is 0.0195. The summed E-state index contributed by atoms with van der Waals surface area (Å²) in [4.78, 5) is 37.5. The summed E-state index contributed by atoms with van der Waals surface area (Å²) in [6, 6.07) is 0. The molecule has 0 saturated carbocycles. The molecule has 0 bridgehead atoms. The van der Waals surface area contributed by atoms with Gasteiger partial charge in [-0.15, -0.1) is 0 Å². The standard InChI is InChI=1S/C75H139NO8/c1-6-8-10-12-14-16-18-20-22-24-26-28-30-32-34-35-36-37-38-40-41-43-45-47-49-51-53-55-57-59-61-63-65-72(77)82-69-71(70-83-75(74(79)80)81-68-67-76(3,4)5)84-73(78)66-64-62-60-58-56-54-52-50-48-46-44-42-39-33-31-29-27-25-23-21-19-17-15-13-11-9-7-2/h9,11,15,17,21,23,27,29,71,75H,6-8,10,12-14,16,18-20,22,24-26,28,30-70H2,1-5H3/b11-9-,17-15-,23-21-,29-27-. The van der Waals surface area contributed by atoms with Crippen LogP contribution in [0.15, 0.2) is 48.6 Å². The number of allylic oxidation sites excluding steroid dienone is 8. The molecule has 0 aromatic carbocycles. The summed E-state index contributed by atoms with van der Waals surface area (Å²) in [6.45, 7) is 4.70. The summed E-state index contributed by atoms with van der Waals surface area (Å²) in [7, 11) is 5.94. The molecule has 9 nitrogen and oxygen atoms in total. The van der Waals surface area contributed by atoms with Gasteiger partial charge in [-0.2, -0.15) is 0 Å². The van der Waals surface area contributed by atoms with Gasteiger partial charge in [0.15, 0.2) is 12.4 Å². The first-order valence-electron chi connectivity index (χ1n) is 36.3. The molecule has 0 aromatic heterocycles. The number of carbonyl (C=O) groups is 3. The molecule has 0 spiro atoms. The molecule has 0 radical (unpaired) electrons. The van der Waals surface area contributed by atoms with Crippen LogP contribution in [-0.4, -0.2) is 82.3 Å². The number of hydrogen-bond donors (Lipinski definition) is 0. The fourth-order valence-electron chi connectivity index (χ4n) is 10.8. The Balaban J connectivity index is 4.04. The molecule has 0 aliphatic heterocycles.